The Morgan fingerprint density at radius 2 is 2.05 bits per heavy atom. The van der Waals surface area contributed by atoms with Crippen LogP contribution >= 0.6 is 0 Å². The second-order valence-electron chi connectivity index (χ2n) is 7.39. The molecule has 1 heterocycles. The standard InChI is InChI=1S/C15H29N3O/c1-7-16-13(18-14(2,3)4)17-11-10-8-9-19-12(10)15(11,5)6/h10-12H,7-9H2,1-6H3,(H2,16,17,18). The number of rotatable bonds is 2. The molecule has 19 heavy (non-hydrogen) atoms. The van der Waals surface area contributed by atoms with Gasteiger partial charge >= 0.3 is 0 Å². The van der Waals surface area contributed by atoms with Gasteiger partial charge in [-0.1, -0.05) is 13.8 Å². The number of ether oxygens (including phenoxy) is 1. The van der Waals surface area contributed by atoms with Crippen molar-refractivity contribution in [3.8, 4) is 0 Å². The fourth-order valence-corrected chi connectivity index (χ4v) is 3.40. The Bertz CT molecular complexity index is 357. The van der Waals surface area contributed by atoms with Crippen LogP contribution in [-0.2, 0) is 4.74 Å². The van der Waals surface area contributed by atoms with Crippen LogP contribution in [0.2, 0.25) is 0 Å². The number of aliphatic imine (C=N–C) groups is 1. The molecule has 2 aliphatic rings. The van der Waals surface area contributed by atoms with E-state index < -0.39 is 0 Å². The van der Waals surface area contributed by atoms with Crippen molar-refractivity contribution in [2.24, 2.45) is 16.3 Å². The molecule has 0 amide bonds. The van der Waals surface area contributed by atoms with Crippen molar-refractivity contribution in [3.63, 3.8) is 0 Å². The van der Waals surface area contributed by atoms with Crippen LogP contribution in [0.15, 0.2) is 4.99 Å². The molecule has 4 heteroatoms. The smallest absolute Gasteiger partial charge is 0.191 e. The highest BCUT2D eigenvalue weighted by atomic mass is 16.5. The van der Waals surface area contributed by atoms with E-state index in [0.717, 1.165) is 19.1 Å². The molecular formula is C15H29N3O. The lowest BCUT2D eigenvalue weighted by atomic mass is 9.57. The topological polar surface area (TPSA) is 45.7 Å². The Hall–Kier alpha value is -0.770. The van der Waals surface area contributed by atoms with Crippen LogP contribution in [0.1, 0.15) is 48.0 Å². The van der Waals surface area contributed by atoms with Crippen molar-refractivity contribution in [2.75, 3.05) is 13.2 Å². The maximum atomic E-state index is 5.84. The Morgan fingerprint density at radius 3 is 2.63 bits per heavy atom. The molecule has 2 N–H and O–H groups in total. The third-order valence-electron chi connectivity index (χ3n) is 4.20. The molecule has 0 aromatic rings. The Morgan fingerprint density at radius 1 is 1.37 bits per heavy atom. The van der Waals surface area contributed by atoms with E-state index in [4.69, 9.17) is 4.74 Å². The second-order valence-corrected chi connectivity index (χ2v) is 7.39. The summed E-state index contributed by atoms with van der Waals surface area (Å²) in [5, 5.41) is 7.10. The molecule has 2 rings (SSSR count). The molecule has 4 nitrogen and oxygen atoms in total. The molecule has 0 radical (unpaired) electrons. The molecule has 0 bridgehead atoms. The quantitative estimate of drug-likeness (QED) is 0.595. The monoisotopic (exact) mass is 267 g/mol. The third kappa shape index (κ3) is 2.88. The fourth-order valence-electron chi connectivity index (χ4n) is 3.40. The van der Waals surface area contributed by atoms with Crippen molar-refractivity contribution in [2.45, 2.75) is 65.6 Å². The van der Waals surface area contributed by atoms with E-state index >= 15 is 0 Å². The minimum Gasteiger partial charge on any atom is -0.377 e. The van der Waals surface area contributed by atoms with Gasteiger partial charge in [-0.05, 0) is 34.1 Å². The van der Waals surface area contributed by atoms with E-state index in [2.05, 4.69) is 57.2 Å². The number of guanidine groups is 1. The summed E-state index contributed by atoms with van der Waals surface area (Å²) in [6, 6.07) is 0.458. The van der Waals surface area contributed by atoms with Gasteiger partial charge in [0.2, 0.25) is 0 Å². The summed E-state index contributed by atoms with van der Waals surface area (Å²) in [5.41, 5.74) is 0.218. The van der Waals surface area contributed by atoms with Crippen LogP contribution < -0.4 is 10.6 Å². The van der Waals surface area contributed by atoms with Gasteiger partial charge in [0.25, 0.3) is 0 Å². The number of hydrogen-bond donors (Lipinski definition) is 2. The van der Waals surface area contributed by atoms with Gasteiger partial charge in [0, 0.05) is 36.1 Å². The highest BCUT2D eigenvalue weighted by molar-refractivity contribution is 5.81. The summed E-state index contributed by atoms with van der Waals surface area (Å²) in [5.74, 6) is 1.57. The highest BCUT2D eigenvalue weighted by Gasteiger charge is 2.59. The van der Waals surface area contributed by atoms with Crippen molar-refractivity contribution in [1.82, 2.24) is 10.6 Å². The Labute approximate surface area is 117 Å². The van der Waals surface area contributed by atoms with Gasteiger partial charge in [0.1, 0.15) is 0 Å². The molecule has 3 unspecified atom stereocenters. The summed E-state index contributed by atoms with van der Waals surface area (Å²) >= 11 is 0. The first-order valence-corrected chi connectivity index (χ1v) is 7.46. The third-order valence-corrected chi connectivity index (χ3v) is 4.20. The minimum atomic E-state index is 0.0282. The molecule has 1 saturated heterocycles. The van der Waals surface area contributed by atoms with E-state index in [0.29, 0.717) is 18.1 Å². The summed E-state index contributed by atoms with van der Waals surface area (Å²) in [6.45, 7) is 14.8. The first-order valence-electron chi connectivity index (χ1n) is 7.46. The van der Waals surface area contributed by atoms with E-state index in [1.807, 2.05) is 0 Å². The van der Waals surface area contributed by atoms with Gasteiger partial charge in [-0.2, -0.15) is 0 Å². The van der Waals surface area contributed by atoms with Gasteiger partial charge in [-0.15, -0.1) is 0 Å². The average Bonchev–Trinajstić information content (AvgIpc) is 2.70. The number of nitrogens with one attached hydrogen (secondary N) is 2. The van der Waals surface area contributed by atoms with E-state index in [9.17, 15) is 0 Å². The van der Waals surface area contributed by atoms with Crippen molar-refractivity contribution < 1.29 is 4.74 Å². The van der Waals surface area contributed by atoms with Gasteiger partial charge in [-0.3, -0.25) is 4.99 Å². The van der Waals surface area contributed by atoms with Crippen LogP contribution in [0, 0.1) is 11.3 Å². The molecule has 110 valence electrons. The van der Waals surface area contributed by atoms with Gasteiger partial charge in [0.05, 0.1) is 6.10 Å². The molecule has 2 fully saturated rings. The van der Waals surface area contributed by atoms with E-state index in [1.54, 1.807) is 0 Å². The van der Waals surface area contributed by atoms with Gasteiger partial charge in [-0.25, -0.2) is 0 Å². The lowest BCUT2D eigenvalue weighted by Gasteiger charge is -2.55. The molecule has 1 aliphatic carbocycles. The average molecular weight is 267 g/mol. The van der Waals surface area contributed by atoms with Crippen LogP contribution in [0.5, 0.6) is 0 Å². The SMILES string of the molecule is CCN=C(NC1C2CCOC2C1(C)C)NC(C)(C)C. The molecule has 1 saturated carbocycles. The zero-order chi connectivity index (χ0) is 14.3. The maximum absolute atomic E-state index is 5.84. The Kier molecular flexibility index (Phi) is 3.83. The lowest BCUT2D eigenvalue weighted by molar-refractivity contribution is -0.107. The van der Waals surface area contributed by atoms with Crippen molar-refractivity contribution in [1.29, 1.82) is 0 Å². The summed E-state index contributed by atoms with van der Waals surface area (Å²) < 4.78 is 5.84. The molecule has 0 aromatic carbocycles. The highest BCUT2D eigenvalue weighted by Crippen LogP contribution is 2.52. The number of fused-ring (bicyclic) bond motifs is 1. The molecular weight excluding hydrogens is 238 g/mol. The lowest BCUT2D eigenvalue weighted by Crippen LogP contribution is -2.68. The van der Waals surface area contributed by atoms with E-state index in [-0.39, 0.29) is 11.0 Å². The molecule has 3 atom stereocenters. The van der Waals surface area contributed by atoms with Crippen LogP contribution in [-0.4, -0.2) is 36.8 Å². The summed E-state index contributed by atoms with van der Waals surface area (Å²) in [7, 11) is 0. The largest absolute Gasteiger partial charge is 0.377 e. The van der Waals surface area contributed by atoms with Crippen LogP contribution in [0.3, 0.4) is 0 Å². The number of nitrogens with zero attached hydrogens (tertiary/aromatic N) is 1. The zero-order valence-corrected chi connectivity index (χ0v) is 13.2. The number of hydrogen-bond acceptors (Lipinski definition) is 2. The van der Waals surface area contributed by atoms with E-state index in [1.165, 1.54) is 6.42 Å². The predicted molar refractivity (Wildman–Crippen MR) is 79.4 cm³/mol. The first-order chi connectivity index (χ1) is 8.75. The van der Waals surface area contributed by atoms with Crippen molar-refractivity contribution in [3.05, 3.63) is 0 Å². The second kappa shape index (κ2) is 4.97. The summed E-state index contributed by atoms with van der Waals surface area (Å²) in [4.78, 5) is 4.56. The van der Waals surface area contributed by atoms with Crippen LogP contribution in [0.25, 0.3) is 0 Å². The normalized spacial score (nSPS) is 33.6. The van der Waals surface area contributed by atoms with Crippen molar-refractivity contribution >= 4 is 5.96 Å². The molecule has 1 aliphatic heterocycles. The summed E-state index contributed by atoms with van der Waals surface area (Å²) in [6.07, 6.45) is 1.59. The maximum Gasteiger partial charge on any atom is 0.191 e. The minimum absolute atomic E-state index is 0.0282. The predicted octanol–water partition coefficient (Wildman–Crippen LogP) is 2.15. The Balaban J connectivity index is 2.04. The zero-order valence-electron chi connectivity index (χ0n) is 13.2. The van der Waals surface area contributed by atoms with Gasteiger partial charge < -0.3 is 15.4 Å². The first kappa shape index (κ1) is 14.6. The van der Waals surface area contributed by atoms with Crippen LogP contribution in [0.4, 0.5) is 0 Å². The molecule has 0 spiro atoms. The molecule has 0 aromatic heterocycles. The fraction of sp³-hybridized carbons (Fsp3) is 0.933. The van der Waals surface area contributed by atoms with Gasteiger partial charge in [0.15, 0.2) is 5.96 Å².